The number of nitrogens with zero attached hydrogens (tertiary/aromatic N) is 2. The number of aryl methyl sites for hydroxylation is 2. The predicted octanol–water partition coefficient (Wildman–Crippen LogP) is 2.50. The fraction of sp³-hybridized carbons (Fsp3) is 0.533. The maximum Gasteiger partial charge on any atom is 0.329 e. The normalized spacial score (nSPS) is 16.1. The molecule has 1 heterocycles. The Labute approximate surface area is 118 Å². The Bertz CT molecular complexity index is 577. The van der Waals surface area contributed by atoms with Crippen molar-refractivity contribution in [3.63, 3.8) is 0 Å². The van der Waals surface area contributed by atoms with Crippen molar-refractivity contribution in [1.82, 2.24) is 4.98 Å². The van der Waals surface area contributed by atoms with Crippen molar-refractivity contribution in [2.24, 2.45) is 0 Å². The first kappa shape index (κ1) is 14.3. The zero-order chi connectivity index (χ0) is 14.8. The van der Waals surface area contributed by atoms with Gasteiger partial charge in [0, 0.05) is 5.69 Å². The molecule has 0 saturated carbocycles. The van der Waals surface area contributed by atoms with Crippen molar-refractivity contribution < 1.29 is 9.90 Å². The van der Waals surface area contributed by atoms with Crippen LogP contribution in [0.25, 0.3) is 0 Å². The second kappa shape index (κ2) is 5.49. The van der Waals surface area contributed by atoms with E-state index in [9.17, 15) is 15.2 Å². The van der Waals surface area contributed by atoms with E-state index in [1.807, 2.05) is 13.0 Å². The topological polar surface area (TPSA) is 86.0 Å². The molecule has 106 valence electrons. The van der Waals surface area contributed by atoms with Crippen molar-refractivity contribution in [2.45, 2.75) is 51.5 Å². The summed E-state index contributed by atoms with van der Waals surface area (Å²) in [6.45, 7) is 3.57. The van der Waals surface area contributed by atoms with E-state index >= 15 is 0 Å². The van der Waals surface area contributed by atoms with Gasteiger partial charge in [-0.2, -0.15) is 5.26 Å². The van der Waals surface area contributed by atoms with Gasteiger partial charge >= 0.3 is 5.97 Å². The van der Waals surface area contributed by atoms with Gasteiger partial charge in [0.25, 0.3) is 0 Å². The summed E-state index contributed by atoms with van der Waals surface area (Å²) in [5.41, 5.74) is 1.42. The number of fused-ring (bicyclic) bond motifs is 1. The van der Waals surface area contributed by atoms with E-state index < -0.39 is 11.5 Å². The maximum atomic E-state index is 11.5. The molecule has 20 heavy (non-hydrogen) atoms. The Balaban J connectivity index is 2.37. The van der Waals surface area contributed by atoms with Gasteiger partial charge in [0.15, 0.2) is 0 Å². The molecule has 5 nitrogen and oxygen atoms in total. The Morgan fingerprint density at radius 3 is 2.95 bits per heavy atom. The average molecular weight is 273 g/mol. The molecule has 0 spiro atoms. The van der Waals surface area contributed by atoms with E-state index in [0.29, 0.717) is 17.8 Å². The van der Waals surface area contributed by atoms with E-state index in [0.717, 1.165) is 36.9 Å². The molecule has 5 heteroatoms. The van der Waals surface area contributed by atoms with Crippen LogP contribution in [-0.2, 0) is 17.6 Å². The van der Waals surface area contributed by atoms with Crippen molar-refractivity contribution in [2.75, 3.05) is 5.32 Å². The molecule has 0 fully saturated rings. The summed E-state index contributed by atoms with van der Waals surface area (Å²) in [5, 5.41) is 21.6. The first-order valence-corrected chi connectivity index (χ1v) is 6.94. The summed E-state index contributed by atoms with van der Waals surface area (Å²) in [5.74, 6) is -0.531. The molecule has 0 amide bonds. The molecule has 0 radical (unpaired) electrons. The summed E-state index contributed by atoms with van der Waals surface area (Å²) < 4.78 is 0. The zero-order valence-electron chi connectivity index (χ0n) is 11.9. The standard InChI is InChI=1S/C15H19N3O2/c1-3-7-15(2,14(19)20)18-13-11(9-16)8-10-5-4-6-12(10)17-13/h8H,3-7H2,1-2H3,(H,17,18)(H,19,20). The second-order valence-corrected chi connectivity index (χ2v) is 5.47. The number of pyridine rings is 1. The van der Waals surface area contributed by atoms with Crippen LogP contribution in [0.1, 0.15) is 49.9 Å². The van der Waals surface area contributed by atoms with E-state index in [1.54, 1.807) is 6.92 Å². The first-order chi connectivity index (χ1) is 9.50. The number of carboxylic acids is 1. The molecule has 0 bridgehead atoms. The maximum absolute atomic E-state index is 11.5. The highest BCUT2D eigenvalue weighted by Crippen LogP contribution is 2.27. The number of aromatic nitrogens is 1. The molecule has 1 unspecified atom stereocenters. The van der Waals surface area contributed by atoms with Gasteiger partial charge in [0.1, 0.15) is 17.4 Å². The van der Waals surface area contributed by atoms with E-state index in [1.165, 1.54) is 0 Å². The predicted molar refractivity (Wildman–Crippen MR) is 75.5 cm³/mol. The van der Waals surface area contributed by atoms with Crippen LogP contribution in [0.4, 0.5) is 5.82 Å². The van der Waals surface area contributed by atoms with Crippen LogP contribution in [0.5, 0.6) is 0 Å². The molecule has 2 rings (SSSR count). The largest absolute Gasteiger partial charge is 0.480 e. The van der Waals surface area contributed by atoms with Crippen LogP contribution in [-0.4, -0.2) is 21.6 Å². The SMILES string of the molecule is CCCC(C)(Nc1nc2c(cc1C#N)CCC2)C(=O)O. The molecular formula is C15H19N3O2. The first-order valence-electron chi connectivity index (χ1n) is 6.94. The number of aliphatic carboxylic acids is 1. The van der Waals surface area contributed by atoms with Crippen molar-refractivity contribution in [3.8, 4) is 6.07 Å². The van der Waals surface area contributed by atoms with Gasteiger partial charge in [0.2, 0.25) is 0 Å². The monoisotopic (exact) mass is 273 g/mol. The van der Waals surface area contributed by atoms with Crippen LogP contribution in [0.2, 0.25) is 0 Å². The third-order valence-corrected chi connectivity index (χ3v) is 3.79. The molecule has 0 aromatic carbocycles. The molecule has 0 saturated heterocycles. The molecule has 0 aliphatic heterocycles. The highest BCUT2D eigenvalue weighted by atomic mass is 16.4. The van der Waals surface area contributed by atoms with E-state index in [-0.39, 0.29) is 0 Å². The fourth-order valence-corrected chi connectivity index (χ4v) is 2.64. The van der Waals surface area contributed by atoms with Crippen molar-refractivity contribution in [1.29, 1.82) is 5.26 Å². The van der Waals surface area contributed by atoms with Gasteiger partial charge in [-0.3, -0.25) is 0 Å². The second-order valence-electron chi connectivity index (χ2n) is 5.47. The fourth-order valence-electron chi connectivity index (χ4n) is 2.64. The number of nitriles is 1. The zero-order valence-corrected chi connectivity index (χ0v) is 11.9. The Morgan fingerprint density at radius 2 is 2.35 bits per heavy atom. The third kappa shape index (κ3) is 2.60. The smallest absolute Gasteiger partial charge is 0.329 e. The molecule has 1 aliphatic carbocycles. The van der Waals surface area contributed by atoms with E-state index in [4.69, 9.17) is 0 Å². The van der Waals surface area contributed by atoms with Crippen LogP contribution in [0, 0.1) is 11.3 Å². The number of rotatable bonds is 5. The quantitative estimate of drug-likeness (QED) is 0.860. The number of hydrogen-bond donors (Lipinski definition) is 2. The summed E-state index contributed by atoms with van der Waals surface area (Å²) in [7, 11) is 0. The minimum absolute atomic E-state index is 0.395. The number of hydrogen-bond acceptors (Lipinski definition) is 4. The van der Waals surface area contributed by atoms with Gasteiger partial charge in [-0.15, -0.1) is 0 Å². The summed E-state index contributed by atoms with van der Waals surface area (Å²) >= 11 is 0. The minimum atomic E-state index is -1.10. The highest BCUT2D eigenvalue weighted by molar-refractivity contribution is 5.82. The van der Waals surface area contributed by atoms with Crippen LogP contribution in [0.3, 0.4) is 0 Å². The lowest BCUT2D eigenvalue weighted by molar-refractivity contribution is -0.142. The third-order valence-electron chi connectivity index (χ3n) is 3.79. The summed E-state index contributed by atoms with van der Waals surface area (Å²) in [4.78, 5) is 16.0. The lowest BCUT2D eigenvalue weighted by Crippen LogP contribution is -2.43. The van der Waals surface area contributed by atoms with Crippen LogP contribution >= 0.6 is 0 Å². The molecule has 1 aromatic heterocycles. The van der Waals surface area contributed by atoms with Gasteiger partial charge in [-0.1, -0.05) is 13.3 Å². The van der Waals surface area contributed by atoms with Crippen molar-refractivity contribution >= 4 is 11.8 Å². The molecule has 1 aromatic rings. The van der Waals surface area contributed by atoms with Crippen molar-refractivity contribution in [3.05, 3.63) is 22.9 Å². The summed E-state index contributed by atoms with van der Waals surface area (Å²) in [6, 6.07) is 3.95. The van der Waals surface area contributed by atoms with E-state index in [2.05, 4.69) is 16.4 Å². The van der Waals surface area contributed by atoms with Crippen LogP contribution < -0.4 is 5.32 Å². The van der Waals surface area contributed by atoms with Crippen LogP contribution in [0.15, 0.2) is 6.07 Å². The number of carbonyl (C=O) groups is 1. The molecule has 1 atom stereocenters. The molecule has 2 N–H and O–H groups in total. The lowest BCUT2D eigenvalue weighted by Gasteiger charge is -2.27. The summed E-state index contributed by atoms with van der Waals surface area (Å²) in [6.07, 6.45) is 4.10. The highest BCUT2D eigenvalue weighted by Gasteiger charge is 2.33. The molecular weight excluding hydrogens is 254 g/mol. The average Bonchev–Trinajstić information content (AvgIpc) is 2.84. The Morgan fingerprint density at radius 1 is 1.60 bits per heavy atom. The Kier molecular flexibility index (Phi) is 3.93. The van der Waals surface area contributed by atoms with Gasteiger partial charge < -0.3 is 10.4 Å². The minimum Gasteiger partial charge on any atom is -0.480 e. The number of anilines is 1. The number of carboxylic acid groups (broad SMARTS) is 1. The number of nitrogens with one attached hydrogen (secondary N) is 1. The molecule has 1 aliphatic rings. The Hall–Kier alpha value is -2.09. The lowest BCUT2D eigenvalue weighted by atomic mass is 9.96. The van der Waals surface area contributed by atoms with Gasteiger partial charge in [-0.05, 0) is 44.2 Å². The van der Waals surface area contributed by atoms with Gasteiger partial charge in [-0.25, -0.2) is 9.78 Å². The van der Waals surface area contributed by atoms with Gasteiger partial charge in [0.05, 0.1) is 5.56 Å².